The van der Waals surface area contributed by atoms with Crippen LogP contribution in [0.4, 0.5) is 0 Å². The molecule has 1 unspecified atom stereocenters. The molecule has 2 amide bonds. The lowest BCUT2D eigenvalue weighted by molar-refractivity contribution is -0.134. The molecule has 0 radical (unpaired) electrons. The molecule has 1 atom stereocenters. The Morgan fingerprint density at radius 1 is 1.27 bits per heavy atom. The van der Waals surface area contributed by atoms with Crippen LogP contribution in [-0.4, -0.2) is 63.4 Å². The molecular weight excluding hydrogens is 380 g/mol. The summed E-state index contributed by atoms with van der Waals surface area (Å²) in [5.41, 5.74) is 1.30. The number of piperidine rings is 1. The van der Waals surface area contributed by atoms with Crippen molar-refractivity contribution >= 4 is 11.8 Å². The Balaban J connectivity index is 1.34. The lowest BCUT2D eigenvalue weighted by Gasteiger charge is -2.35. The van der Waals surface area contributed by atoms with Crippen LogP contribution in [0.1, 0.15) is 36.8 Å². The summed E-state index contributed by atoms with van der Waals surface area (Å²) in [5, 5.41) is 9.55. The van der Waals surface area contributed by atoms with Crippen molar-refractivity contribution in [1.82, 2.24) is 19.8 Å². The van der Waals surface area contributed by atoms with E-state index in [0.717, 1.165) is 37.8 Å². The Morgan fingerprint density at radius 2 is 2.10 bits per heavy atom. The molecule has 2 aromatic rings. The smallest absolute Gasteiger partial charge is 0.233 e. The Hall–Kier alpha value is -2.96. The van der Waals surface area contributed by atoms with Crippen LogP contribution >= 0.6 is 0 Å². The molecule has 2 aliphatic rings. The molecule has 4 rings (SSSR count). The van der Waals surface area contributed by atoms with Gasteiger partial charge in [0.1, 0.15) is 5.75 Å². The minimum absolute atomic E-state index is 0.0371. The first-order chi connectivity index (χ1) is 14.5. The maximum absolute atomic E-state index is 13.2. The fourth-order valence-corrected chi connectivity index (χ4v) is 4.53. The summed E-state index contributed by atoms with van der Waals surface area (Å²) in [4.78, 5) is 37.8. The van der Waals surface area contributed by atoms with Gasteiger partial charge in [-0.05, 0) is 54.9 Å². The summed E-state index contributed by atoms with van der Waals surface area (Å²) < 4.78 is 0. The summed E-state index contributed by atoms with van der Waals surface area (Å²) in [5.74, 6) is 0.531. The number of likely N-dealkylation sites (N-methyl/N-ethyl adjacent to an activating group) is 1. The monoisotopic (exact) mass is 408 g/mol. The predicted octanol–water partition coefficient (Wildman–Crippen LogP) is 2.15. The van der Waals surface area contributed by atoms with Crippen LogP contribution in [0.3, 0.4) is 0 Å². The standard InChI is InChI=1S/C23H28N4O3/c1-26(22(30)23(6-7-23)19-5-2-8-24-13-19)15-17-4-3-9-27(16-17)21(29)11-18-10-20(28)14-25-12-18/h2,5,8,10,12-14,17,28H,3-4,6-7,9,11,15-16H2,1H3. The van der Waals surface area contributed by atoms with Crippen molar-refractivity contribution in [2.45, 2.75) is 37.5 Å². The molecule has 158 valence electrons. The Bertz CT molecular complexity index is 914. The highest BCUT2D eigenvalue weighted by Gasteiger charge is 2.52. The van der Waals surface area contributed by atoms with E-state index in [1.807, 2.05) is 29.0 Å². The van der Waals surface area contributed by atoms with Crippen molar-refractivity contribution in [3.05, 3.63) is 54.1 Å². The summed E-state index contributed by atoms with van der Waals surface area (Å²) >= 11 is 0. The van der Waals surface area contributed by atoms with E-state index in [1.54, 1.807) is 24.7 Å². The fourth-order valence-electron chi connectivity index (χ4n) is 4.53. The van der Waals surface area contributed by atoms with Gasteiger partial charge >= 0.3 is 0 Å². The second-order valence-electron chi connectivity index (χ2n) is 8.59. The van der Waals surface area contributed by atoms with Gasteiger partial charge in [0.2, 0.25) is 11.8 Å². The number of pyridine rings is 2. The van der Waals surface area contributed by atoms with Crippen LogP contribution in [0.2, 0.25) is 0 Å². The topological polar surface area (TPSA) is 86.6 Å². The van der Waals surface area contributed by atoms with Gasteiger partial charge in [0, 0.05) is 45.3 Å². The van der Waals surface area contributed by atoms with E-state index in [4.69, 9.17) is 0 Å². The highest BCUT2D eigenvalue weighted by atomic mass is 16.3. The normalized spacial score (nSPS) is 19.9. The number of carbonyl (C=O) groups is 2. The van der Waals surface area contributed by atoms with Crippen LogP contribution in [0.25, 0.3) is 0 Å². The summed E-state index contributed by atoms with van der Waals surface area (Å²) in [7, 11) is 1.87. The van der Waals surface area contributed by atoms with Gasteiger partial charge in [-0.2, -0.15) is 0 Å². The number of aromatic nitrogens is 2. The first-order valence-corrected chi connectivity index (χ1v) is 10.5. The van der Waals surface area contributed by atoms with Crippen LogP contribution in [0, 0.1) is 5.92 Å². The fraction of sp³-hybridized carbons (Fsp3) is 0.478. The molecule has 1 N–H and O–H groups in total. The van der Waals surface area contributed by atoms with E-state index in [0.29, 0.717) is 18.7 Å². The summed E-state index contributed by atoms with van der Waals surface area (Å²) in [6.45, 7) is 2.04. The van der Waals surface area contributed by atoms with Gasteiger partial charge in [-0.1, -0.05) is 6.07 Å². The van der Waals surface area contributed by atoms with Crippen LogP contribution < -0.4 is 0 Å². The van der Waals surface area contributed by atoms with Crippen LogP contribution in [0.15, 0.2) is 43.0 Å². The van der Waals surface area contributed by atoms with Gasteiger partial charge in [-0.3, -0.25) is 19.6 Å². The van der Waals surface area contributed by atoms with Crippen molar-refractivity contribution in [2.75, 3.05) is 26.7 Å². The molecule has 30 heavy (non-hydrogen) atoms. The molecular formula is C23H28N4O3. The average Bonchev–Trinajstić information content (AvgIpc) is 3.56. The number of likely N-dealkylation sites (tertiary alicyclic amines) is 1. The van der Waals surface area contributed by atoms with Crippen molar-refractivity contribution < 1.29 is 14.7 Å². The zero-order valence-electron chi connectivity index (χ0n) is 17.3. The van der Waals surface area contributed by atoms with Crippen molar-refractivity contribution in [1.29, 1.82) is 0 Å². The van der Waals surface area contributed by atoms with E-state index < -0.39 is 5.41 Å². The second kappa shape index (κ2) is 8.42. The van der Waals surface area contributed by atoms with Gasteiger partial charge < -0.3 is 14.9 Å². The van der Waals surface area contributed by atoms with E-state index in [9.17, 15) is 14.7 Å². The number of rotatable bonds is 6. The largest absolute Gasteiger partial charge is 0.506 e. The number of hydrogen-bond donors (Lipinski definition) is 1. The minimum atomic E-state index is -0.407. The van der Waals surface area contributed by atoms with Gasteiger partial charge in [0.25, 0.3) is 0 Å². The molecule has 0 aromatic carbocycles. The SMILES string of the molecule is CN(CC1CCCN(C(=O)Cc2cncc(O)c2)C1)C(=O)C1(c2cccnc2)CC1. The van der Waals surface area contributed by atoms with Crippen molar-refractivity contribution in [3.8, 4) is 5.75 Å². The third-order valence-corrected chi connectivity index (χ3v) is 6.26. The van der Waals surface area contributed by atoms with Gasteiger partial charge in [0.05, 0.1) is 18.0 Å². The molecule has 1 saturated heterocycles. The quantitative estimate of drug-likeness (QED) is 0.792. The van der Waals surface area contributed by atoms with E-state index in [1.165, 1.54) is 6.20 Å². The third-order valence-electron chi connectivity index (χ3n) is 6.26. The Kier molecular flexibility index (Phi) is 5.70. The highest BCUT2D eigenvalue weighted by molar-refractivity contribution is 5.91. The number of hydrogen-bond acceptors (Lipinski definition) is 5. The third kappa shape index (κ3) is 4.30. The molecule has 3 heterocycles. The van der Waals surface area contributed by atoms with Gasteiger partial charge in [0.15, 0.2) is 0 Å². The maximum atomic E-state index is 13.2. The maximum Gasteiger partial charge on any atom is 0.233 e. The minimum Gasteiger partial charge on any atom is -0.506 e. The first-order valence-electron chi connectivity index (χ1n) is 10.5. The molecule has 0 bridgehead atoms. The number of carbonyl (C=O) groups excluding carboxylic acids is 2. The molecule has 1 saturated carbocycles. The van der Waals surface area contributed by atoms with E-state index in [-0.39, 0.29) is 29.9 Å². The Morgan fingerprint density at radius 3 is 2.80 bits per heavy atom. The molecule has 2 aromatic heterocycles. The van der Waals surface area contributed by atoms with Crippen LogP contribution in [-0.2, 0) is 21.4 Å². The molecule has 0 spiro atoms. The molecule has 7 nitrogen and oxygen atoms in total. The lowest BCUT2D eigenvalue weighted by Crippen LogP contribution is -2.46. The van der Waals surface area contributed by atoms with Crippen molar-refractivity contribution in [3.63, 3.8) is 0 Å². The number of aromatic hydroxyl groups is 1. The number of amides is 2. The zero-order valence-corrected chi connectivity index (χ0v) is 17.3. The second-order valence-corrected chi connectivity index (χ2v) is 8.59. The van der Waals surface area contributed by atoms with Gasteiger partial charge in [-0.15, -0.1) is 0 Å². The van der Waals surface area contributed by atoms with Crippen molar-refractivity contribution in [2.24, 2.45) is 5.92 Å². The summed E-state index contributed by atoms with van der Waals surface area (Å²) in [6.07, 6.45) is 10.4. The van der Waals surface area contributed by atoms with E-state index >= 15 is 0 Å². The molecule has 2 fully saturated rings. The zero-order chi connectivity index (χ0) is 21.1. The van der Waals surface area contributed by atoms with Gasteiger partial charge in [-0.25, -0.2) is 0 Å². The number of nitrogens with zero attached hydrogens (tertiary/aromatic N) is 4. The first kappa shape index (κ1) is 20.3. The van der Waals surface area contributed by atoms with Crippen LogP contribution in [0.5, 0.6) is 5.75 Å². The summed E-state index contributed by atoms with van der Waals surface area (Å²) in [6, 6.07) is 5.45. The Labute approximate surface area is 176 Å². The molecule has 7 heteroatoms. The molecule has 1 aliphatic heterocycles. The molecule has 1 aliphatic carbocycles. The predicted molar refractivity (Wildman–Crippen MR) is 112 cm³/mol. The average molecular weight is 409 g/mol. The lowest BCUT2D eigenvalue weighted by atomic mass is 9.93. The van der Waals surface area contributed by atoms with E-state index in [2.05, 4.69) is 9.97 Å². The highest BCUT2D eigenvalue weighted by Crippen LogP contribution is 2.49.